The maximum atomic E-state index is 6.92. The van der Waals surface area contributed by atoms with E-state index >= 15 is 0 Å². The molecular formula is C16H23ClS. The molecule has 0 saturated heterocycles. The summed E-state index contributed by atoms with van der Waals surface area (Å²) in [5.74, 6) is 2.59. The minimum Gasteiger partial charge on any atom is -0.144 e. The zero-order valence-electron chi connectivity index (χ0n) is 11.4. The predicted molar refractivity (Wildman–Crippen MR) is 80.6 cm³/mol. The van der Waals surface area contributed by atoms with E-state index < -0.39 is 0 Å². The van der Waals surface area contributed by atoms with E-state index in [1.165, 1.54) is 53.8 Å². The Kier molecular flexibility index (Phi) is 3.73. The highest BCUT2D eigenvalue weighted by Gasteiger charge is 2.41. The van der Waals surface area contributed by atoms with Crippen molar-refractivity contribution >= 4 is 22.9 Å². The third kappa shape index (κ3) is 2.25. The molecule has 100 valence electrons. The molecular weight excluding hydrogens is 260 g/mol. The summed E-state index contributed by atoms with van der Waals surface area (Å²) < 4.78 is 0. The Balaban J connectivity index is 1.82. The van der Waals surface area contributed by atoms with Crippen molar-refractivity contribution in [3.8, 4) is 0 Å². The summed E-state index contributed by atoms with van der Waals surface area (Å²) in [4.78, 5) is 2.87. The summed E-state index contributed by atoms with van der Waals surface area (Å²) in [6, 6.07) is 2.30. The van der Waals surface area contributed by atoms with E-state index in [2.05, 4.69) is 19.9 Å². The van der Waals surface area contributed by atoms with Crippen LogP contribution >= 0.6 is 22.9 Å². The first-order valence-corrected chi connectivity index (χ1v) is 8.63. The lowest BCUT2D eigenvalue weighted by Gasteiger charge is -2.44. The van der Waals surface area contributed by atoms with Crippen molar-refractivity contribution in [2.75, 3.05) is 0 Å². The van der Waals surface area contributed by atoms with Gasteiger partial charge in [0.1, 0.15) is 0 Å². The highest BCUT2D eigenvalue weighted by Crippen LogP contribution is 2.53. The van der Waals surface area contributed by atoms with Crippen molar-refractivity contribution < 1.29 is 0 Å². The largest absolute Gasteiger partial charge is 0.144 e. The molecule has 1 heterocycles. The highest BCUT2D eigenvalue weighted by molar-refractivity contribution is 7.12. The fourth-order valence-electron chi connectivity index (χ4n) is 3.62. The normalized spacial score (nSPS) is 22.9. The molecule has 1 atom stereocenters. The summed E-state index contributed by atoms with van der Waals surface area (Å²) >= 11 is 8.84. The molecule has 2 saturated carbocycles. The van der Waals surface area contributed by atoms with Gasteiger partial charge in [0.15, 0.2) is 0 Å². The molecule has 0 bridgehead atoms. The fourth-order valence-corrected chi connectivity index (χ4v) is 5.41. The van der Waals surface area contributed by atoms with Crippen LogP contribution in [0.25, 0.3) is 0 Å². The van der Waals surface area contributed by atoms with E-state index in [0.29, 0.717) is 0 Å². The maximum Gasteiger partial charge on any atom is 0.0714 e. The summed E-state index contributed by atoms with van der Waals surface area (Å²) in [6.45, 7) is 4.43. The van der Waals surface area contributed by atoms with Gasteiger partial charge in [-0.05, 0) is 43.2 Å². The van der Waals surface area contributed by atoms with Gasteiger partial charge in [-0.3, -0.25) is 0 Å². The van der Waals surface area contributed by atoms with E-state index in [9.17, 15) is 0 Å². The van der Waals surface area contributed by atoms with Crippen molar-refractivity contribution in [3.63, 3.8) is 0 Å². The summed E-state index contributed by atoms with van der Waals surface area (Å²) in [5, 5.41) is 0.277. The van der Waals surface area contributed by atoms with Crippen LogP contribution in [0.15, 0.2) is 6.07 Å². The smallest absolute Gasteiger partial charge is 0.0714 e. The first-order valence-electron chi connectivity index (χ1n) is 7.38. The van der Waals surface area contributed by atoms with E-state index in [1.807, 2.05) is 11.3 Å². The third-order valence-electron chi connectivity index (χ3n) is 5.06. The SMILES string of the molecule is Cc1cc(C)c(C(Cl)C(C2CCC2)C2CCC2)s1. The van der Waals surface area contributed by atoms with Gasteiger partial charge in [0.2, 0.25) is 0 Å². The van der Waals surface area contributed by atoms with E-state index in [4.69, 9.17) is 11.6 Å². The Bertz CT molecular complexity index is 401. The maximum absolute atomic E-state index is 6.92. The molecule has 3 rings (SSSR count). The minimum absolute atomic E-state index is 0.277. The molecule has 1 aromatic rings. The fraction of sp³-hybridized carbons (Fsp3) is 0.750. The van der Waals surface area contributed by atoms with Crippen LogP contribution in [0.2, 0.25) is 0 Å². The topological polar surface area (TPSA) is 0 Å². The van der Waals surface area contributed by atoms with Crippen LogP contribution in [0, 0.1) is 31.6 Å². The summed E-state index contributed by atoms with van der Waals surface area (Å²) in [7, 11) is 0. The van der Waals surface area contributed by atoms with Crippen molar-refractivity contribution in [1.29, 1.82) is 0 Å². The first kappa shape index (κ1) is 13.0. The lowest BCUT2D eigenvalue weighted by Crippen LogP contribution is -2.34. The van der Waals surface area contributed by atoms with Crippen LogP contribution in [0.4, 0.5) is 0 Å². The van der Waals surface area contributed by atoms with Gasteiger partial charge in [0.05, 0.1) is 5.38 Å². The summed E-state index contributed by atoms with van der Waals surface area (Å²) in [6.07, 6.45) is 8.56. The number of alkyl halides is 1. The average molecular weight is 283 g/mol. The molecule has 0 spiro atoms. The number of halogens is 1. The molecule has 18 heavy (non-hydrogen) atoms. The molecule has 0 nitrogen and oxygen atoms in total. The molecule has 1 unspecified atom stereocenters. The van der Waals surface area contributed by atoms with Gasteiger partial charge in [-0.2, -0.15) is 0 Å². The number of hydrogen-bond acceptors (Lipinski definition) is 1. The Morgan fingerprint density at radius 1 is 1.11 bits per heavy atom. The van der Waals surface area contributed by atoms with Crippen LogP contribution in [-0.2, 0) is 0 Å². The Hall–Kier alpha value is -0.0100. The van der Waals surface area contributed by atoms with Crippen molar-refractivity contribution in [2.45, 2.75) is 57.7 Å². The molecule has 2 heteroatoms. The monoisotopic (exact) mass is 282 g/mol. The second-order valence-electron chi connectivity index (χ2n) is 6.27. The molecule has 2 aliphatic rings. The Morgan fingerprint density at radius 3 is 2.00 bits per heavy atom. The van der Waals surface area contributed by atoms with Gasteiger partial charge in [0, 0.05) is 9.75 Å². The van der Waals surface area contributed by atoms with E-state index in [-0.39, 0.29) is 5.38 Å². The number of thiophene rings is 1. The minimum atomic E-state index is 0.277. The van der Waals surface area contributed by atoms with Crippen LogP contribution < -0.4 is 0 Å². The van der Waals surface area contributed by atoms with Gasteiger partial charge in [-0.25, -0.2) is 0 Å². The van der Waals surface area contributed by atoms with Gasteiger partial charge in [0.25, 0.3) is 0 Å². The molecule has 2 fully saturated rings. The molecule has 0 amide bonds. The quantitative estimate of drug-likeness (QED) is 0.607. The summed E-state index contributed by atoms with van der Waals surface area (Å²) in [5.41, 5.74) is 1.42. The van der Waals surface area contributed by atoms with Crippen LogP contribution in [0.5, 0.6) is 0 Å². The lowest BCUT2D eigenvalue weighted by molar-refractivity contribution is 0.0894. The van der Waals surface area contributed by atoms with Crippen LogP contribution in [-0.4, -0.2) is 0 Å². The van der Waals surface area contributed by atoms with Gasteiger partial charge >= 0.3 is 0 Å². The second kappa shape index (κ2) is 5.17. The van der Waals surface area contributed by atoms with E-state index in [0.717, 1.165) is 17.8 Å². The Labute approximate surface area is 120 Å². The zero-order chi connectivity index (χ0) is 12.7. The van der Waals surface area contributed by atoms with Crippen LogP contribution in [0.1, 0.15) is 59.2 Å². The first-order chi connectivity index (χ1) is 8.66. The second-order valence-corrected chi connectivity index (χ2v) is 8.02. The van der Waals surface area contributed by atoms with Gasteiger partial charge in [-0.1, -0.05) is 38.5 Å². The molecule has 1 aromatic heterocycles. The number of aryl methyl sites for hydroxylation is 2. The molecule has 2 aliphatic carbocycles. The van der Waals surface area contributed by atoms with Gasteiger partial charge < -0.3 is 0 Å². The third-order valence-corrected chi connectivity index (χ3v) is 6.93. The van der Waals surface area contributed by atoms with Gasteiger partial charge in [-0.15, -0.1) is 22.9 Å². The molecule has 0 aliphatic heterocycles. The highest BCUT2D eigenvalue weighted by atomic mass is 35.5. The zero-order valence-corrected chi connectivity index (χ0v) is 13.0. The number of rotatable bonds is 4. The lowest BCUT2D eigenvalue weighted by atomic mass is 9.63. The predicted octanol–water partition coefficient (Wildman–Crippen LogP) is 5.86. The van der Waals surface area contributed by atoms with Crippen molar-refractivity contribution in [1.82, 2.24) is 0 Å². The van der Waals surface area contributed by atoms with Crippen LogP contribution in [0.3, 0.4) is 0 Å². The molecule has 0 aromatic carbocycles. The standard InChI is InChI=1S/C16H23ClS/c1-10-9-11(2)18-16(10)15(17)14(12-5-3-6-12)13-7-4-8-13/h9,12-15H,3-8H2,1-2H3. The average Bonchev–Trinajstić information content (AvgIpc) is 2.50. The molecule has 0 N–H and O–H groups in total. The van der Waals surface area contributed by atoms with Crippen molar-refractivity contribution in [3.05, 3.63) is 21.4 Å². The Morgan fingerprint density at radius 2 is 1.67 bits per heavy atom. The molecule has 0 radical (unpaired) electrons. The van der Waals surface area contributed by atoms with E-state index in [1.54, 1.807) is 0 Å². The number of hydrogen-bond donors (Lipinski definition) is 0. The van der Waals surface area contributed by atoms with Crippen molar-refractivity contribution in [2.24, 2.45) is 17.8 Å².